The van der Waals surface area contributed by atoms with Crippen LogP contribution in [-0.2, 0) is 0 Å². The van der Waals surface area contributed by atoms with E-state index in [-0.39, 0.29) is 0 Å². The van der Waals surface area contributed by atoms with E-state index < -0.39 is 8.07 Å². The van der Waals surface area contributed by atoms with Crippen LogP contribution in [0.3, 0.4) is 0 Å². The maximum Gasteiger partial charge on any atom is 0.179 e. The van der Waals surface area contributed by atoms with E-state index in [2.05, 4.69) is 206 Å². The van der Waals surface area contributed by atoms with Crippen LogP contribution in [0.2, 0.25) is 0 Å². The Morgan fingerprint density at radius 2 is 0.612 bits per heavy atom. The first kappa shape index (κ1) is 29.1. The van der Waals surface area contributed by atoms with E-state index in [9.17, 15) is 0 Å². The lowest BCUT2D eigenvalue weighted by Gasteiger charge is -2.34. The van der Waals surface area contributed by atoms with Crippen LogP contribution in [0.5, 0.6) is 0 Å². The summed E-state index contributed by atoms with van der Waals surface area (Å²) in [6.45, 7) is 0. The van der Waals surface area contributed by atoms with E-state index in [0.717, 1.165) is 0 Å². The molecule has 0 aliphatic heterocycles. The Labute approximate surface area is 288 Å². The van der Waals surface area contributed by atoms with Gasteiger partial charge in [0, 0.05) is 0 Å². The molecule has 0 unspecified atom stereocenters. The maximum atomic E-state index is 2.41. The highest BCUT2D eigenvalue weighted by Crippen LogP contribution is 2.45. The van der Waals surface area contributed by atoms with Gasteiger partial charge in [-0.15, -0.1) is 0 Å². The van der Waals surface area contributed by atoms with Gasteiger partial charge in [-0.2, -0.15) is 0 Å². The van der Waals surface area contributed by atoms with Crippen LogP contribution >= 0.6 is 0 Å². The molecule has 9 aromatic carbocycles. The molecule has 0 aromatic heterocycles. The standard InChI is InChI=1S/C48H34Si/c1-4-19-37(20-5-1)49(38-21-6-2-7-22-38,39-23-8-3-9-24-39)40-33-31-36(32-34-40)47-43-26-12-14-28-45(43)48(46-29-15-13-27-44(46)47)42-30-16-18-35-17-10-11-25-41(35)42/h1-34H. The van der Waals surface area contributed by atoms with Crippen molar-refractivity contribution in [2.45, 2.75) is 0 Å². The van der Waals surface area contributed by atoms with Gasteiger partial charge in [-0.25, -0.2) is 0 Å². The second-order valence-corrected chi connectivity index (χ2v) is 16.6. The highest BCUT2D eigenvalue weighted by atomic mass is 28.3. The maximum absolute atomic E-state index is 2.61. The summed E-state index contributed by atoms with van der Waals surface area (Å²) in [5.74, 6) is 0. The first-order valence-electron chi connectivity index (χ1n) is 17.0. The Morgan fingerprint density at radius 1 is 0.245 bits per heavy atom. The zero-order chi connectivity index (χ0) is 32.6. The van der Waals surface area contributed by atoms with Crippen molar-refractivity contribution in [1.29, 1.82) is 0 Å². The smallest absolute Gasteiger partial charge is 0.0623 e. The number of rotatable bonds is 6. The second kappa shape index (κ2) is 12.2. The van der Waals surface area contributed by atoms with Crippen molar-refractivity contribution in [2.24, 2.45) is 0 Å². The lowest BCUT2D eigenvalue weighted by molar-refractivity contribution is 1.65. The fourth-order valence-electron chi connectivity index (χ4n) is 8.12. The minimum absolute atomic E-state index is 1.23. The molecular formula is C48H34Si. The van der Waals surface area contributed by atoms with E-state index in [4.69, 9.17) is 0 Å². The average molecular weight is 639 g/mol. The summed E-state index contributed by atoms with van der Waals surface area (Å²) in [6.07, 6.45) is 0. The molecule has 0 nitrogen and oxygen atoms in total. The summed E-state index contributed by atoms with van der Waals surface area (Å²) in [7, 11) is -2.61. The van der Waals surface area contributed by atoms with Crippen LogP contribution in [-0.4, -0.2) is 8.07 Å². The van der Waals surface area contributed by atoms with Gasteiger partial charge < -0.3 is 0 Å². The molecule has 0 saturated carbocycles. The van der Waals surface area contributed by atoms with E-state index in [1.165, 1.54) is 75.3 Å². The van der Waals surface area contributed by atoms with Gasteiger partial charge in [-0.1, -0.05) is 206 Å². The Balaban J connectivity index is 1.31. The lowest BCUT2D eigenvalue weighted by Crippen LogP contribution is -2.74. The van der Waals surface area contributed by atoms with Crippen molar-refractivity contribution in [3.63, 3.8) is 0 Å². The third-order valence-corrected chi connectivity index (χ3v) is 15.0. The van der Waals surface area contributed by atoms with E-state index in [1.54, 1.807) is 0 Å². The number of hydrogen-bond acceptors (Lipinski definition) is 0. The molecule has 1 heteroatoms. The van der Waals surface area contributed by atoms with Gasteiger partial charge in [0.2, 0.25) is 0 Å². The largest absolute Gasteiger partial charge is 0.179 e. The third-order valence-electron chi connectivity index (χ3n) is 10.2. The average Bonchev–Trinajstić information content (AvgIpc) is 3.19. The Kier molecular flexibility index (Phi) is 7.26. The minimum Gasteiger partial charge on any atom is -0.0623 e. The molecule has 0 bridgehead atoms. The molecule has 9 rings (SSSR count). The Bertz CT molecular complexity index is 2410. The minimum atomic E-state index is -2.61. The van der Waals surface area contributed by atoms with Gasteiger partial charge in [-0.05, 0) is 75.3 Å². The van der Waals surface area contributed by atoms with Crippen molar-refractivity contribution in [3.05, 3.63) is 206 Å². The Morgan fingerprint density at radius 3 is 1.10 bits per heavy atom. The molecule has 0 N–H and O–H groups in total. The molecule has 0 fully saturated rings. The zero-order valence-corrected chi connectivity index (χ0v) is 28.1. The molecule has 49 heavy (non-hydrogen) atoms. The number of benzene rings is 9. The first-order chi connectivity index (χ1) is 24.3. The lowest BCUT2D eigenvalue weighted by atomic mass is 9.85. The van der Waals surface area contributed by atoms with Gasteiger partial charge in [0.15, 0.2) is 8.07 Å². The van der Waals surface area contributed by atoms with Crippen molar-refractivity contribution < 1.29 is 0 Å². The topological polar surface area (TPSA) is 0 Å². The molecule has 230 valence electrons. The molecule has 0 aliphatic carbocycles. The summed E-state index contributed by atoms with van der Waals surface area (Å²) in [4.78, 5) is 0. The fourth-order valence-corrected chi connectivity index (χ4v) is 12.9. The predicted octanol–water partition coefficient (Wildman–Crippen LogP) is 9.86. The monoisotopic (exact) mass is 638 g/mol. The second-order valence-electron chi connectivity index (χ2n) is 12.8. The normalized spacial score (nSPS) is 11.7. The summed E-state index contributed by atoms with van der Waals surface area (Å²) >= 11 is 0. The van der Waals surface area contributed by atoms with E-state index in [0.29, 0.717) is 0 Å². The van der Waals surface area contributed by atoms with Crippen molar-refractivity contribution in [3.8, 4) is 22.3 Å². The predicted molar refractivity (Wildman–Crippen MR) is 213 cm³/mol. The SMILES string of the molecule is c1ccc([Si](c2ccccc2)(c2ccccc2)c2ccc(-c3c4ccccc4c(-c4cccc5ccccc45)c4ccccc34)cc2)cc1. The van der Waals surface area contributed by atoms with Gasteiger partial charge in [0.1, 0.15) is 0 Å². The van der Waals surface area contributed by atoms with E-state index in [1.807, 2.05) is 0 Å². The van der Waals surface area contributed by atoms with Crippen molar-refractivity contribution >= 4 is 61.1 Å². The highest BCUT2D eigenvalue weighted by molar-refractivity contribution is 7.19. The molecule has 9 aromatic rings. The van der Waals surface area contributed by atoms with Crippen molar-refractivity contribution in [2.75, 3.05) is 0 Å². The summed E-state index contributed by atoms with van der Waals surface area (Å²) in [5.41, 5.74) is 5.09. The van der Waals surface area contributed by atoms with Crippen LogP contribution in [0.1, 0.15) is 0 Å². The molecule has 0 heterocycles. The molecule has 0 aliphatic rings. The van der Waals surface area contributed by atoms with Crippen LogP contribution in [0.15, 0.2) is 206 Å². The molecule has 0 saturated heterocycles. The number of hydrogen-bond donors (Lipinski definition) is 0. The van der Waals surface area contributed by atoms with E-state index >= 15 is 0 Å². The van der Waals surface area contributed by atoms with Crippen LogP contribution in [0, 0.1) is 0 Å². The molecular weight excluding hydrogens is 605 g/mol. The Hall–Kier alpha value is -6.02. The van der Waals surface area contributed by atoms with Gasteiger partial charge in [0.25, 0.3) is 0 Å². The van der Waals surface area contributed by atoms with Gasteiger partial charge in [-0.3, -0.25) is 0 Å². The zero-order valence-electron chi connectivity index (χ0n) is 27.1. The first-order valence-corrected chi connectivity index (χ1v) is 19.0. The summed E-state index contributed by atoms with van der Waals surface area (Å²) < 4.78 is 0. The summed E-state index contributed by atoms with van der Waals surface area (Å²) in [6, 6.07) is 76.4. The molecule has 0 radical (unpaired) electrons. The van der Waals surface area contributed by atoms with Crippen LogP contribution in [0.4, 0.5) is 0 Å². The van der Waals surface area contributed by atoms with Crippen LogP contribution < -0.4 is 20.7 Å². The van der Waals surface area contributed by atoms with Gasteiger partial charge in [0.05, 0.1) is 0 Å². The number of fused-ring (bicyclic) bond motifs is 3. The van der Waals surface area contributed by atoms with Crippen molar-refractivity contribution in [1.82, 2.24) is 0 Å². The fraction of sp³-hybridized carbons (Fsp3) is 0. The molecule has 0 amide bonds. The van der Waals surface area contributed by atoms with Gasteiger partial charge >= 0.3 is 0 Å². The third kappa shape index (κ3) is 4.74. The highest BCUT2D eigenvalue weighted by Gasteiger charge is 2.41. The molecule has 0 spiro atoms. The van der Waals surface area contributed by atoms with Crippen LogP contribution in [0.25, 0.3) is 54.6 Å². The summed E-state index contributed by atoms with van der Waals surface area (Å²) in [5, 5.41) is 13.2. The quantitative estimate of drug-likeness (QED) is 0.0966. The molecule has 0 atom stereocenters.